The third kappa shape index (κ3) is 5.24. The molecule has 1 amide bonds. The smallest absolute Gasteiger partial charge is 0.262 e. The molecule has 0 aliphatic carbocycles. The quantitative estimate of drug-likeness (QED) is 0.469. The minimum atomic E-state index is -3.90. The summed E-state index contributed by atoms with van der Waals surface area (Å²) in [5.41, 5.74) is 1.46. The van der Waals surface area contributed by atoms with Gasteiger partial charge in [0.1, 0.15) is 11.5 Å². The molecule has 34 heavy (non-hydrogen) atoms. The zero-order valence-corrected chi connectivity index (χ0v) is 19.2. The number of ether oxygens (including phenoxy) is 4. The van der Waals surface area contributed by atoms with Gasteiger partial charge < -0.3 is 24.3 Å². The molecular formula is C24H22N2O7S. The van der Waals surface area contributed by atoms with Crippen LogP contribution in [-0.2, 0) is 14.8 Å². The molecule has 3 aromatic rings. The number of sulfonamides is 1. The summed E-state index contributed by atoms with van der Waals surface area (Å²) >= 11 is 0. The van der Waals surface area contributed by atoms with Crippen molar-refractivity contribution in [2.24, 2.45) is 0 Å². The van der Waals surface area contributed by atoms with Gasteiger partial charge in [0.15, 0.2) is 11.5 Å². The fourth-order valence-electron chi connectivity index (χ4n) is 3.19. The highest BCUT2D eigenvalue weighted by atomic mass is 32.2. The van der Waals surface area contributed by atoms with Crippen molar-refractivity contribution >= 4 is 33.4 Å². The number of carbonyl (C=O) groups excluding carboxylic acids is 1. The van der Waals surface area contributed by atoms with E-state index in [1.54, 1.807) is 36.4 Å². The van der Waals surface area contributed by atoms with E-state index in [1.165, 1.54) is 50.6 Å². The topological polar surface area (TPSA) is 112 Å². The number of carbonyl (C=O) groups is 1. The van der Waals surface area contributed by atoms with Gasteiger partial charge in [-0.2, -0.15) is 0 Å². The molecule has 1 aliphatic heterocycles. The van der Waals surface area contributed by atoms with Gasteiger partial charge in [-0.25, -0.2) is 8.42 Å². The van der Waals surface area contributed by atoms with E-state index in [4.69, 9.17) is 18.9 Å². The molecule has 0 fully saturated rings. The third-order valence-corrected chi connectivity index (χ3v) is 6.29. The van der Waals surface area contributed by atoms with Crippen LogP contribution < -0.4 is 29.0 Å². The lowest BCUT2D eigenvalue weighted by molar-refractivity contribution is -0.111. The highest BCUT2D eigenvalue weighted by molar-refractivity contribution is 7.92. The zero-order chi connectivity index (χ0) is 24.1. The van der Waals surface area contributed by atoms with Crippen LogP contribution in [0.4, 0.5) is 11.4 Å². The molecule has 0 atom stereocenters. The lowest BCUT2D eigenvalue weighted by atomic mass is 10.2. The van der Waals surface area contributed by atoms with Gasteiger partial charge in [0.05, 0.1) is 24.8 Å². The zero-order valence-electron chi connectivity index (χ0n) is 18.4. The van der Waals surface area contributed by atoms with Crippen molar-refractivity contribution < 1.29 is 32.2 Å². The first-order chi connectivity index (χ1) is 16.4. The molecule has 10 heteroatoms. The summed E-state index contributed by atoms with van der Waals surface area (Å²) in [6.07, 6.45) is 3.01. The number of hydrogen-bond acceptors (Lipinski definition) is 7. The van der Waals surface area contributed by atoms with Crippen molar-refractivity contribution in [2.75, 3.05) is 31.1 Å². The average Bonchev–Trinajstić information content (AvgIpc) is 3.31. The maximum atomic E-state index is 12.8. The van der Waals surface area contributed by atoms with Crippen LogP contribution >= 0.6 is 0 Å². The summed E-state index contributed by atoms with van der Waals surface area (Å²) in [6, 6.07) is 15.9. The summed E-state index contributed by atoms with van der Waals surface area (Å²) in [5.74, 6) is 1.75. The van der Waals surface area contributed by atoms with Gasteiger partial charge in [-0.1, -0.05) is 6.07 Å². The summed E-state index contributed by atoms with van der Waals surface area (Å²) in [7, 11) is -0.976. The lowest BCUT2D eigenvalue weighted by Crippen LogP contribution is -2.14. The van der Waals surface area contributed by atoms with Crippen LogP contribution in [0.3, 0.4) is 0 Å². The first kappa shape index (κ1) is 23.0. The molecule has 176 valence electrons. The first-order valence-corrected chi connectivity index (χ1v) is 11.6. The van der Waals surface area contributed by atoms with E-state index in [0.29, 0.717) is 28.7 Å². The summed E-state index contributed by atoms with van der Waals surface area (Å²) in [6.45, 7) is 0.178. The lowest BCUT2D eigenvalue weighted by Gasteiger charge is -2.13. The Morgan fingerprint density at radius 1 is 0.941 bits per heavy atom. The molecule has 0 saturated heterocycles. The molecule has 2 N–H and O–H groups in total. The molecule has 0 saturated carbocycles. The van der Waals surface area contributed by atoms with E-state index in [1.807, 2.05) is 0 Å². The summed E-state index contributed by atoms with van der Waals surface area (Å²) < 4.78 is 49.1. The van der Waals surface area contributed by atoms with Crippen molar-refractivity contribution in [3.63, 3.8) is 0 Å². The van der Waals surface area contributed by atoms with Crippen LogP contribution in [0.25, 0.3) is 6.08 Å². The second-order valence-corrected chi connectivity index (χ2v) is 8.81. The van der Waals surface area contributed by atoms with Crippen molar-refractivity contribution in [1.82, 2.24) is 0 Å². The second kappa shape index (κ2) is 9.75. The molecule has 1 aliphatic rings. The fourth-order valence-corrected chi connectivity index (χ4v) is 4.25. The number of methoxy groups -OCH3 is 2. The Balaban J connectivity index is 1.42. The molecule has 4 rings (SSSR count). The van der Waals surface area contributed by atoms with E-state index in [0.717, 1.165) is 5.56 Å². The maximum Gasteiger partial charge on any atom is 0.262 e. The second-order valence-electron chi connectivity index (χ2n) is 7.13. The Morgan fingerprint density at radius 2 is 1.71 bits per heavy atom. The van der Waals surface area contributed by atoms with Gasteiger partial charge >= 0.3 is 0 Å². The first-order valence-electron chi connectivity index (χ1n) is 10.1. The Bertz CT molecular complexity index is 1340. The molecule has 0 radical (unpaired) electrons. The molecule has 0 spiro atoms. The van der Waals surface area contributed by atoms with Gasteiger partial charge in [0.2, 0.25) is 12.7 Å². The van der Waals surface area contributed by atoms with Crippen molar-refractivity contribution in [3.8, 4) is 23.0 Å². The van der Waals surface area contributed by atoms with Crippen LogP contribution in [0, 0.1) is 0 Å². The Morgan fingerprint density at radius 3 is 2.44 bits per heavy atom. The van der Waals surface area contributed by atoms with Gasteiger partial charge in [-0.3, -0.25) is 9.52 Å². The Labute approximate surface area is 197 Å². The van der Waals surface area contributed by atoms with E-state index in [2.05, 4.69) is 10.0 Å². The summed E-state index contributed by atoms with van der Waals surface area (Å²) in [5, 5.41) is 2.69. The minimum Gasteiger partial charge on any atom is -0.497 e. The minimum absolute atomic E-state index is 0.0197. The average molecular weight is 483 g/mol. The Hall–Kier alpha value is -4.18. The number of nitrogens with one attached hydrogen (secondary N) is 2. The van der Waals surface area contributed by atoms with E-state index in [-0.39, 0.29) is 23.3 Å². The molecule has 0 bridgehead atoms. The van der Waals surface area contributed by atoms with E-state index < -0.39 is 10.0 Å². The van der Waals surface area contributed by atoms with E-state index in [9.17, 15) is 13.2 Å². The standard InChI is InChI=1S/C24H22N2O7S/c1-30-18-7-11-21(31-2)20(14-18)26-34(28,29)19-8-5-17(6-9-19)25-24(27)12-4-16-3-10-22-23(13-16)33-15-32-22/h3-14,26H,15H2,1-2H3,(H,25,27)/b12-4+. The number of rotatable bonds is 8. The highest BCUT2D eigenvalue weighted by Gasteiger charge is 2.17. The number of hydrogen-bond donors (Lipinski definition) is 2. The monoisotopic (exact) mass is 482 g/mol. The van der Waals surface area contributed by atoms with Gasteiger partial charge in [-0.05, 0) is 60.2 Å². The molecule has 1 heterocycles. The van der Waals surface area contributed by atoms with Crippen LogP contribution in [0.5, 0.6) is 23.0 Å². The largest absolute Gasteiger partial charge is 0.497 e. The molecule has 0 unspecified atom stereocenters. The molecule has 3 aromatic carbocycles. The third-order valence-electron chi connectivity index (χ3n) is 4.91. The van der Waals surface area contributed by atoms with Crippen molar-refractivity contribution in [2.45, 2.75) is 4.90 Å². The highest BCUT2D eigenvalue weighted by Crippen LogP contribution is 2.33. The summed E-state index contributed by atoms with van der Waals surface area (Å²) in [4.78, 5) is 12.3. The molecule has 9 nitrogen and oxygen atoms in total. The van der Waals surface area contributed by atoms with Gasteiger partial charge in [-0.15, -0.1) is 0 Å². The van der Waals surface area contributed by atoms with Crippen LogP contribution in [0.2, 0.25) is 0 Å². The van der Waals surface area contributed by atoms with Crippen molar-refractivity contribution in [1.29, 1.82) is 0 Å². The van der Waals surface area contributed by atoms with Gasteiger partial charge in [0.25, 0.3) is 10.0 Å². The fraction of sp³-hybridized carbons (Fsp3) is 0.125. The van der Waals surface area contributed by atoms with Crippen LogP contribution in [0.1, 0.15) is 5.56 Å². The molecular weight excluding hydrogens is 460 g/mol. The van der Waals surface area contributed by atoms with E-state index >= 15 is 0 Å². The van der Waals surface area contributed by atoms with Crippen LogP contribution in [0.15, 0.2) is 71.6 Å². The number of benzene rings is 3. The Kier molecular flexibility index (Phi) is 6.60. The number of amides is 1. The van der Waals surface area contributed by atoms with Crippen molar-refractivity contribution in [3.05, 3.63) is 72.3 Å². The maximum absolute atomic E-state index is 12.8. The molecule has 0 aromatic heterocycles. The number of fused-ring (bicyclic) bond motifs is 1. The van der Waals surface area contributed by atoms with Gasteiger partial charge in [0, 0.05) is 17.8 Å². The number of anilines is 2. The predicted octanol–water partition coefficient (Wildman–Crippen LogP) is 3.89. The van der Waals surface area contributed by atoms with Crippen LogP contribution in [-0.4, -0.2) is 35.3 Å². The SMILES string of the molecule is COc1ccc(OC)c(NS(=O)(=O)c2ccc(NC(=O)/C=C/c3ccc4c(c3)OCO4)cc2)c1. The normalized spacial score (nSPS) is 12.4. The predicted molar refractivity (Wildman–Crippen MR) is 127 cm³/mol.